The first-order chi connectivity index (χ1) is 10.9. The summed E-state index contributed by atoms with van der Waals surface area (Å²) in [5.41, 5.74) is 0.349. The van der Waals surface area contributed by atoms with E-state index in [0.717, 1.165) is 25.7 Å². The Labute approximate surface area is 135 Å². The molecule has 8 heteroatoms. The highest BCUT2D eigenvalue weighted by Gasteiger charge is 2.25. The molecule has 0 unspecified atom stereocenters. The number of rotatable bonds is 4. The van der Waals surface area contributed by atoms with Crippen molar-refractivity contribution in [3.63, 3.8) is 0 Å². The molecule has 0 aromatic carbocycles. The molecule has 1 fully saturated rings. The van der Waals surface area contributed by atoms with Gasteiger partial charge >= 0.3 is 0 Å². The highest BCUT2D eigenvalue weighted by molar-refractivity contribution is 7.90. The molecule has 1 saturated carbocycles. The Hall–Kier alpha value is -1.96. The minimum atomic E-state index is -2.93. The van der Waals surface area contributed by atoms with Gasteiger partial charge in [0, 0.05) is 30.9 Å². The molecule has 0 aliphatic heterocycles. The van der Waals surface area contributed by atoms with Gasteiger partial charge in [-0.25, -0.2) is 18.4 Å². The first-order valence-electron chi connectivity index (χ1n) is 7.69. The van der Waals surface area contributed by atoms with Crippen LogP contribution in [-0.2, 0) is 9.84 Å². The number of sulfone groups is 1. The van der Waals surface area contributed by atoms with Crippen LogP contribution < -0.4 is 5.32 Å². The molecule has 0 saturated heterocycles. The molecule has 1 aliphatic carbocycles. The van der Waals surface area contributed by atoms with Crippen molar-refractivity contribution in [3.8, 4) is 0 Å². The van der Waals surface area contributed by atoms with E-state index < -0.39 is 9.84 Å². The molecular weight excluding hydrogens is 316 g/mol. The summed E-state index contributed by atoms with van der Waals surface area (Å²) in [5.74, 6) is 0.736. The van der Waals surface area contributed by atoms with Gasteiger partial charge in [-0.2, -0.15) is 0 Å². The van der Waals surface area contributed by atoms with E-state index in [-0.39, 0.29) is 23.6 Å². The topological polar surface area (TPSA) is 93.4 Å². The number of imidazole rings is 1. The molecule has 0 spiro atoms. The molecule has 2 aromatic rings. The third-order valence-corrected chi connectivity index (χ3v) is 5.27. The summed E-state index contributed by atoms with van der Waals surface area (Å²) in [7, 11) is -2.93. The Morgan fingerprint density at radius 1 is 1.35 bits per heavy atom. The monoisotopic (exact) mass is 336 g/mol. The van der Waals surface area contributed by atoms with Crippen LogP contribution in [0.4, 0.5) is 0 Å². The second-order valence-corrected chi connectivity index (χ2v) is 8.42. The summed E-state index contributed by atoms with van der Waals surface area (Å²) in [5, 5.41) is 2.99. The van der Waals surface area contributed by atoms with Crippen molar-refractivity contribution in [1.29, 1.82) is 0 Å². The number of hydrogen-bond acceptors (Lipinski definition) is 5. The quantitative estimate of drug-likeness (QED) is 0.901. The summed E-state index contributed by atoms with van der Waals surface area (Å²) in [6.07, 6.45) is 9.62. The molecule has 23 heavy (non-hydrogen) atoms. The first-order valence-corrected chi connectivity index (χ1v) is 9.75. The molecule has 1 amide bonds. The van der Waals surface area contributed by atoms with E-state index in [1.54, 1.807) is 29.1 Å². The van der Waals surface area contributed by atoms with E-state index in [9.17, 15) is 13.2 Å². The largest absolute Gasteiger partial charge is 0.348 e. The Balaban J connectivity index is 1.57. The van der Waals surface area contributed by atoms with Crippen LogP contribution >= 0.6 is 0 Å². The van der Waals surface area contributed by atoms with Gasteiger partial charge in [0.05, 0.1) is 5.75 Å². The molecule has 1 aliphatic rings. The van der Waals surface area contributed by atoms with Crippen LogP contribution in [0.3, 0.4) is 0 Å². The van der Waals surface area contributed by atoms with Gasteiger partial charge in [0.15, 0.2) is 0 Å². The maximum absolute atomic E-state index is 12.3. The zero-order valence-electron chi connectivity index (χ0n) is 13.0. The summed E-state index contributed by atoms with van der Waals surface area (Å²) < 4.78 is 24.4. The van der Waals surface area contributed by atoms with Gasteiger partial charge in [0.1, 0.15) is 15.5 Å². The van der Waals surface area contributed by atoms with Crippen LogP contribution in [0.2, 0.25) is 0 Å². The second-order valence-electron chi connectivity index (χ2n) is 6.24. The van der Waals surface area contributed by atoms with E-state index in [0.29, 0.717) is 11.5 Å². The zero-order chi connectivity index (χ0) is 16.4. The maximum Gasteiger partial charge on any atom is 0.271 e. The van der Waals surface area contributed by atoms with Crippen LogP contribution in [0.1, 0.15) is 36.2 Å². The number of aromatic nitrogens is 3. The van der Waals surface area contributed by atoms with Gasteiger partial charge in [-0.05, 0) is 37.7 Å². The van der Waals surface area contributed by atoms with E-state index in [4.69, 9.17) is 0 Å². The zero-order valence-corrected chi connectivity index (χ0v) is 13.8. The Morgan fingerprint density at radius 2 is 2.09 bits per heavy atom. The van der Waals surface area contributed by atoms with E-state index in [1.165, 1.54) is 6.26 Å². The maximum atomic E-state index is 12.3. The highest BCUT2D eigenvalue weighted by Crippen LogP contribution is 2.25. The van der Waals surface area contributed by atoms with Crippen LogP contribution in [0, 0.1) is 5.92 Å². The highest BCUT2D eigenvalue weighted by atomic mass is 32.2. The number of fused-ring (bicyclic) bond motifs is 1. The van der Waals surface area contributed by atoms with Gasteiger partial charge in [0.25, 0.3) is 5.91 Å². The predicted octanol–water partition coefficient (Wildman–Crippen LogP) is 1.06. The molecule has 0 radical (unpaired) electrons. The molecule has 3 rings (SSSR count). The fourth-order valence-corrected chi connectivity index (χ4v) is 4.29. The molecule has 1 N–H and O–H groups in total. The number of carbonyl (C=O) groups is 1. The van der Waals surface area contributed by atoms with Crippen LogP contribution in [-0.4, -0.2) is 46.7 Å². The Morgan fingerprint density at radius 3 is 2.74 bits per heavy atom. The lowest BCUT2D eigenvalue weighted by molar-refractivity contribution is 0.0918. The average molecular weight is 336 g/mol. The van der Waals surface area contributed by atoms with Crippen molar-refractivity contribution in [1.82, 2.24) is 19.7 Å². The lowest BCUT2D eigenvalue weighted by Gasteiger charge is -2.28. The Kier molecular flexibility index (Phi) is 4.34. The minimum absolute atomic E-state index is 0.0797. The predicted molar refractivity (Wildman–Crippen MR) is 85.9 cm³/mol. The fraction of sp³-hybridized carbons (Fsp3) is 0.533. The standard InChI is InChI=1S/C15H20N4O3S/c1-23(21,22)10-11-3-5-12(6-4-11)17-14(20)13-9-19-8-2-7-16-15(19)18-13/h2,7-9,11-12H,3-6,10H2,1H3,(H,17,20). The Bertz CT molecular complexity index is 774. The van der Waals surface area contributed by atoms with Crippen molar-refractivity contribution in [2.75, 3.05) is 12.0 Å². The second kappa shape index (κ2) is 6.27. The van der Waals surface area contributed by atoms with Crippen LogP contribution in [0.15, 0.2) is 24.7 Å². The summed E-state index contributed by atoms with van der Waals surface area (Å²) in [6.45, 7) is 0. The smallest absolute Gasteiger partial charge is 0.271 e. The van der Waals surface area contributed by atoms with Gasteiger partial charge in [-0.3, -0.25) is 9.20 Å². The number of carbonyl (C=O) groups excluding carboxylic acids is 1. The van der Waals surface area contributed by atoms with Gasteiger partial charge in [0.2, 0.25) is 5.78 Å². The van der Waals surface area contributed by atoms with Gasteiger partial charge in [-0.1, -0.05) is 0 Å². The molecule has 0 bridgehead atoms. The number of hydrogen-bond donors (Lipinski definition) is 1. The number of amides is 1. The molecule has 7 nitrogen and oxygen atoms in total. The third kappa shape index (κ3) is 4.07. The minimum Gasteiger partial charge on any atom is -0.348 e. The number of nitrogens with one attached hydrogen (secondary N) is 1. The average Bonchev–Trinajstić information content (AvgIpc) is 2.92. The van der Waals surface area contributed by atoms with E-state index in [2.05, 4.69) is 15.3 Å². The lowest BCUT2D eigenvalue weighted by atomic mass is 9.87. The third-order valence-electron chi connectivity index (χ3n) is 4.19. The molecule has 0 atom stereocenters. The van der Waals surface area contributed by atoms with Crippen LogP contribution in [0.5, 0.6) is 0 Å². The SMILES string of the molecule is CS(=O)(=O)CC1CCC(NC(=O)c2cn3cccnc3n2)CC1. The van der Waals surface area contributed by atoms with Crippen LogP contribution in [0.25, 0.3) is 5.78 Å². The van der Waals surface area contributed by atoms with E-state index in [1.807, 2.05) is 0 Å². The molecule has 2 aromatic heterocycles. The summed E-state index contributed by atoms with van der Waals surface area (Å²) >= 11 is 0. The first kappa shape index (κ1) is 15.9. The van der Waals surface area contributed by atoms with E-state index >= 15 is 0 Å². The van der Waals surface area contributed by atoms with Crippen molar-refractivity contribution in [2.24, 2.45) is 5.92 Å². The summed E-state index contributed by atoms with van der Waals surface area (Å²) in [6, 6.07) is 1.86. The molecule has 2 heterocycles. The summed E-state index contributed by atoms with van der Waals surface area (Å²) in [4.78, 5) is 20.6. The van der Waals surface area contributed by atoms with Crippen molar-refractivity contribution >= 4 is 21.5 Å². The fourth-order valence-electron chi connectivity index (χ4n) is 3.10. The molecule has 124 valence electrons. The van der Waals surface area contributed by atoms with Crippen molar-refractivity contribution in [2.45, 2.75) is 31.7 Å². The molecular formula is C15H20N4O3S. The van der Waals surface area contributed by atoms with Crippen molar-refractivity contribution < 1.29 is 13.2 Å². The normalized spacial score (nSPS) is 22.1. The van der Waals surface area contributed by atoms with Gasteiger partial charge < -0.3 is 5.32 Å². The lowest BCUT2D eigenvalue weighted by Crippen LogP contribution is -2.38. The van der Waals surface area contributed by atoms with Crippen molar-refractivity contribution in [3.05, 3.63) is 30.4 Å². The van der Waals surface area contributed by atoms with Gasteiger partial charge in [-0.15, -0.1) is 0 Å². The number of nitrogens with zero attached hydrogens (tertiary/aromatic N) is 3.